The van der Waals surface area contributed by atoms with Gasteiger partial charge in [0.2, 0.25) is 0 Å². The van der Waals surface area contributed by atoms with Gasteiger partial charge in [0, 0.05) is 6.20 Å². The number of piperidine rings is 1. The Bertz CT molecular complexity index is 674. The van der Waals surface area contributed by atoms with Crippen LogP contribution in [0.3, 0.4) is 0 Å². The SMILES string of the molecule is Fc1ccc(CCC2CCN(C3CCc4cccnc43)CC2)cc1. The third-order valence-electron chi connectivity index (χ3n) is 5.77. The molecule has 126 valence electrons. The quantitative estimate of drug-likeness (QED) is 0.820. The first-order chi connectivity index (χ1) is 11.8. The standard InChI is InChI=1S/C21H25FN2/c22-19-8-5-16(6-9-19)3-4-17-11-14-24(15-12-17)20-10-7-18-2-1-13-23-21(18)20/h1-2,5-6,8-9,13,17,20H,3-4,7,10-12,14-15H2. The molecule has 2 heterocycles. The van der Waals surface area contributed by atoms with E-state index < -0.39 is 0 Å². The first kappa shape index (κ1) is 15.8. The Kier molecular flexibility index (Phi) is 4.61. The molecule has 1 aliphatic heterocycles. The number of hydrogen-bond acceptors (Lipinski definition) is 2. The summed E-state index contributed by atoms with van der Waals surface area (Å²) in [5.41, 5.74) is 4.02. The Balaban J connectivity index is 1.29. The van der Waals surface area contributed by atoms with Crippen molar-refractivity contribution in [1.29, 1.82) is 0 Å². The second kappa shape index (κ2) is 7.02. The van der Waals surface area contributed by atoms with Crippen molar-refractivity contribution in [3.8, 4) is 0 Å². The summed E-state index contributed by atoms with van der Waals surface area (Å²) in [5.74, 6) is 0.661. The summed E-state index contributed by atoms with van der Waals surface area (Å²) in [5, 5.41) is 0. The van der Waals surface area contributed by atoms with E-state index in [9.17, 15) is 4.39 Å². The second-order valence-corrected chi connectivity index (χ2v) is 7.25. The molecule has 1 aromatic heterocycles. The van der Waals surface area contributed by atoms with Crippen LogP contribution < -0.4 is 0 Å². The highest BCUT2D eigenvalue weighted by molar-refractivity contribution is 5.28. The fourth-order valence-corrected chi connectivity index (χ4v) is 4.32. The lowest BCUT2D eigenvalue weighted by Gasteiger charge is -2.36. The van der Waals surface area contributed by atoms with Crippen LogP contribution in [0.25, 0.3) is 0 Å². The van der Waals surface area contributed by atoms with E-state index in [1.54, 1.807) is 12.1 Å². The van der Waals surface area contributed by atoms with Gasteiger partial charge in [-0.05, 0) is 86.9 Å². The minimum Gasteiger partial charge on any atom is -0.295 e. The Hall–Kier alpha value is -1.74. The van der Waals surface area contributed by atoms with E-state index in [0.717, 1.165) is 12.3 Å². The zero-order valence-corrected chi connectivity index (χ0v) is 14.1. The first-order valence-corrected chi connectivity index (χ1v) is 9.22. The topological polar surface area (TPSA) is 16.1 Å². The molecule has 1 aliphatic carbocycles. The molecule has 2 aromatic rings. The van der Waals surface area contributed by atoms with Gasteiger partial charge in [0.1, 0.15) is 5.82 Å². The monoisotopic (exact) mass is 324 g/mol. The fraction of sp³-hybridized carbons (Fsp3) is 0.476. The van der Waals surface area contributed by atoms with Crippen LogP contribution in [0.1, 0.15) is 48.5 Å². The van der Waals surface area contributed by atoms with E-state index in [-0.39, 0.29) is 5.82 Å². The molecule has 2 aliphatic rings. The molecule has 3 heteroatoms. The van der Waals surface area contributed by atoms with Gasteiger partial charge in [-0.15, -0.1) is 0 Å². The van der Waals surface area contributed by atoms with Crippen LogP contribution in [0.15, 0.2) is 42.6 Å². The fourth-order valence-electron chi connectivity index (χ4n) is 4.32. The third kappa shape index (κ3) is 3.36. The molecule has 1 atom stereocenters. The van der Waals surface area contributed by atoms with Gasteiger partial charge in [-0.3, -0.25) is 9.88 Å². The van der Waals surface area contributed by atoms with Gasteiger partial charge in [-0.1, -0.05) is 18.2 Å². The van der Waals surface area contributed by atoms with Crippen LogP contribution in [0.5, 0.6) is 0 Å². The molecule has 0 bridgehead atoms. The van der Waals surface area contributed by atoms with Crippen LogP contribution in [-0.4, -0.2) is 23.0 Å². The predicted octanol–water partition coefficient (Wildman–Crippen LogP) is 4.55. The van der Waals surface area contributed by atoms with Crippen molar-refractivity contribution >= 4 is 0 Å². The highest BCUT2D eigenvalue weighted by Gasteiger charge is 2.31. The normalized spacial score (nSPS) is 21.8. The maximum atomic E-state index is 13.0. The third-order valence-corrected chi connectivity index (χ3v) is 5.77. The number of likely N-dealkylation sites (tertiary alicyclic amines) is 1. The van der Waals surface area contributed by atoms with E-state index >= 15 is 0 Å². The largest absolute Gasteiger partial charge is 0.295 e. The zero-order chi connectivity index (χ0) is 16.4. The lowest BCUT2D eigenvalue weighted by atomic mass is 9.89. The van der Waals surface area contributed by atoms with Crippen LogP contribution in [0.4, 0.5) is 4.39 Å². The zero-order valence-electron chi connectivity index (χ0n) is 14.1. The number of benzene rings is 1. The van der Waals surface area contributed by atoms with E-state index in [0.29, 0.717) is 6.04 Å². The number of fused-ring (bicyclic) bond motifs is 1. The lowest BCUT2D eigenvalue weighted by molar-refractivity contribution is 0.127. The van der Waals surface area contributed by atoms with Crippen molar-refractivity contribution in [3.63, 3.8) is 0 Å². The summed E-state index contributed by atoms with van der Waals surface area (Å²) < 4.78 is 13.0. The summed E-state index contributed by atoms with van der Waals surface area (Å²) in [6.45, 7) is 2.38. The van der Waals surface area contributed by atoms with Crippen molar-refractivity contribution in [2.75, 3.05) is 13.1 Å². The summed E-state index contributed by atoms with van der Waals surface area (Å²) in [7, 11) is 0. The summed E-state index contributed by atoms with van der Waals surface area (Å²) in [6.07, 6.45) is 9.19. The Labute approximate surface area is 143 Å². The number of aromatic nitrogens is 1. The van der Waals surface area contributed by atoms with Gasteiger partial charge in [-0.25, -0.2) is 4.39 Å². The molecule has 1 fully saturated rings. The smallest absolute Gasteiger partial charge is 0.123 e. The van der Waals surface area contributed by atoms with Gasteiger partial charge in [0.15, 0.2) is 0 Å². The molecular formula is C21H25FN2. The number of hydrogen-bond donors (Lipinski definition) is 0. The summed E-state index contributed by atoms with van der Waals surface area (Å²) >= 11 is 0. The molecule has 1 unspecified atom stereocenters. The minimum atomic E-state index is -0.141. The van der Waals surface area contributed by atoms with E-state index in [2.05, 4.69) is 22.0 Å². The van der Waals surface area contributed by atoms with Gasteiger partial charge in [0.05, 0.1) is 11.7 Å². The highest BCUT2D eigenvalue weighted by Crippen LogP contribution is 2.36. The number of rotatable bonds is 4. The lowest BCUT2D eigenvalue weighted by Crippen LogP contribution is -2.36. The van der Waals surface area contributed by atoms with Crippen LogP contribution in [-0.2, 0) is 12.8 Å². The average molecular weight is 324 g/mol. The Morgan fingerprint density at radius 1 is 1.04 bits per heavy atom. The molecule has 2 nitrogen and oxygen atoms in total. The summed E-state index contributed by atoms with van der Waals surface area (Å²) in [6, 6.07) is 11.8. The maximum absolute atomic E-state index is 13.0. The predicted molar refractivity (Wildman–Crippen MR) is 94.3 cm³/mol. The van der Waals surface area contributed by atoms with Gasteiger partial charge in [0.25, 0.3) is 0 Å². The molecule has 0 spiro atoms. The average Bonchev–Trinajstić information content (AvgIpc) is 3.06. The molecule has 0 radical (unpaired) electrons. The second-order valence-electron chi connectivity index (χ2n) is 7.25. The Morgan fingerprint density at radius 3 is 2.62 bits per heavy atom. The van der Waals surface area contributed by atoms with Crippen molar-refractivity contribution in [1.82, 2.24) is 9.88 Å². The molecule has 1 saturated heterocycles. The van der Waals surface area contributed by atoms with Crippen LogP contribution in [0, 0.1) is 11.7 Å². The number of halogens is 1. The summed E-state index contributed by atoms with van der Waals surface area (Å²) in [4.78, 5) is 7.29. The molecule has 0 amide bonds. The maximum Gasteiger partial charge on any atom is 0.123 e. The van der Waals surface area contributed by atoms with E-state index in [4.69, 9.17) is 0 Å². The Morgan fingerprint density at radius 2 is 1.83 bits per heavy atom. The number of aryl methyl sites for hydroxylation is 2. The molecule has 0 saturated carbocycles. The van der Waals surface area contributed by atoms with E-state index in [1.807, 2.05) is 18.3 Å². The molecule has 24 heavy (non-hydrogen) atoms. The number of nitrogens with zero attached hydrogens (tertiary/aromatic N) is 2. The molecule has 0 N–H and O–H groups in total. The number of pyridine rings is 1. The van der Waals surface area contributed by atoms with Gasteiger partial charge in [-0.2, -0.15) is 0 Å². The highest BCUT2D eigenvalue weighted by atomic mass is 19.1. The van der Waals surface area contributed by atoms with Gasteiger partial charge >= 0.3 is 0 Å². The van der Waals surface area contributed by atoms with Crippen molar-refractivity contribution in [2.24, 2.45) is 5.92 Å². The molecular weight excluding hydrogens is 299 g/mol. The van der Waals surface area contributed by atoms with Crippen molar-refractivity contribution in [2.45, 2.75) is 44.6 Å². The molecule has 1 aromatic carbocycles. The van der Waals surface area contributed by atoms with Crippen molar-refractivity contribution < 1.29 is 4.39 Å². The first-order valence-electron chi connectivity index (χ1n) is 9.22. The van der Waals surface area contributed by atoms with Crippen molar-refractivity contribution in [3.05, 3.63) is 65.2 Å². The van der Waals surface area contributed by atoms with Gasteiger partial charge < -0.3 is 0 Å². The van der Waals surface area contributed by atoms with Crippen LogP contribution >= 0.6 is 0 Å². The van der Waals surface area contributed by atoms with E-state index in [1.165, 1.54) is 62.0 Å². The minimum absolute atomic E-state index is 0.141. The van der Waals surface area contributed by atoms with Crippen LogP contribution in [0.2, 0.25) is 0 Å². The molecule has 4 rings (SSSR count).